The molecule has 1 amide bonds. The predicted molar refractivity (Wildman–Crippen MR) is 83.9 cm³/mol. The molecule has 0 aliphatic rings. The highest BCUT2D eigenvalue weighted by Gasteiger charge is 2.15. The normalized spacial score (nSPS) is 10.1. The molecule has 114 valence electrons. The summed E-state index contributed by atoms with van der Waals surface area (Å²) in [6.07, 6.45) is 0. The van der Waals surface area contributed by atoms with Gasteiger partial charge in [-0.25, -0.2) is 4.79 Å². The summed E-state index contributed by atoms with van der Waals surface area (Å²) in [6, 6.07) is 8.52. The number of carbonyl (C=O) groups is 2. The molecule has 0 aromatic heterocycles. The lowest BCUT2D eigenvalue weighted by Crippen LogP contribution is -2.13. The maximum absolute atomic E-state index is 12.2. The Morgan fingerprint density at radius 3 is 2.45 bits per heavy atom. The number of halogens is 2. The smallest absolute Gasteiger partial charge is 0.341 e. The molecular formula is C15H11Cl2NO4. The minimum Gasteiger partial charge on any atom is -0.507 e. The standard InChI is InChI=1S/C15H11Cl2NO4/c1-22-15(21)11-7-9(3-5-13(11)19)18-14(20)10-4-2-8(16)6-12(10)17/h2-7,19H,1H3,(H,18,20). The number of aromatic hydroxyl groups is 1. The number of anilines is 1. The van der Waals surface area contributed by atoms with Gasteiger partial charge in [0, 0.05) is 10.7 Å². The van der Waals surface area contributed by atoms with Crippen LogP contribution >= 0.6 is 23.2 Å². The van der Waals surface area contributed by atoms with E-state index in [1.165, 1.54) is 37.4 Å². The number of carbonyl (C=O) groups excluding carboxylic acids is 2. The van der Waals surface area contributed by atoms with Gasteiger partial charge in [-0.15, -0.1) is 0 Å². The van der Waals surface area contributed by atoms with Crippen molar-refractivity contribution in [2.75, 3.05) is 12.4 Å². The summed E-state index contributed by atoms with van der Waals surface area (Å²) in [5.74, 6) is -1.42. The van der Waals surface area contributed by atoms with Gasteiger partial charge in [0.15, 0.2) is 0 Å². The largest absolute Gasteiger partial charge is 0.507 e. The fourth-order valence-corrected chi connectivity index (χ4v) is 2.25. The zero-order chi connectivity index (χ0) is 16.3. The minimum absolute atomic E-state index is 0.0532. The van der Waals surface area contributed by atoms with Gasteiger partial charge >= 0.3 is 5.97 Å². The van der Waals surface area contributed by atoms with Gasteiger partial charge in [-0.2, -0.15) is 0 Å². The lowest BCUT2D eigenvalue weighted by atomic mass is 10.1. The lowest BCUT2D eigenvalue weighted by Gasteiger charge is -2.09. The van der Waals surface area contributed by atoms with E-state index in [9.17, 15) is 14.7 Å². The Morgan fingerprint density at radius 1 is 1.09 bits per heavy atom. The van der Waals surface area contributed by atoms with Crippen LogP contribution in [0.3, 0.4) is 0 Å². The maximum atomic E-state index is 12.2. The number of benzene rings is 2. The fourth-order valence-electron chi connectivity index (χ4n) is 1.76. The summed E-state index contributed by atoms with van der Waals surface area (Å²) in [5.41, 5.74) is 0.496. The number of phenolic OH excluding ortho intramolecular Hbond substituents is 1. The first-order valence-electron chi connectivity index (χ1n) is 6.10. The highest BCUT2D eigenvalue weighted by molar-refractivity contribution is 6.37. The third-order valence-electron chi connectivity index (χ3n) is 2.84. The Balaban J connectivity index is 2.27. The summed E-state index contributed by atoms with van der Waals surface area (Å²) in [7, 11) is 1.19. The van der Waals surface area contributed by atoms with Crippen LogP contribution in [0.2, 0.25) is 10.0 Å². The van der Waals surface area contributed by atoms with Crippen LogP contribution in [0.4, 0.5) is 5.69 Å². The first kappa shape index (κ1) is 16.1. The second kappa shape index (κ2) is 6.68. The minimum atomic E-state index is -0.710. The Bertz CT molecular complexity index is 746. The highest BCUT2D eigenvalue weighted by atomic mass is 35.5. The van der Waals surface area contributed by atoms with Gasteiger partial charge in [0.2, 0.25) is 0 Å². The molecule has 0 radical (unpaired) electrons. The number of amides is 1. The summed E-state index contributed by atoms with van der Waals surface area (Å²) >= 11 is 11.7. The monoisotopic (exact) mass is 339 g/mol. The zero-order valence-electron chi connectivity index (χ0n) is 11.4. The molecule has 2 aromatic carbocycles. The van der Waals surface area contributed by atoms with E-state index in [0.29, 0.717) is 10.7 Å². The molecule has 5 nitrogen and oxygen atoms in total. The molecule has 2 aromatic rings. The van der Waals surface area contributed by atoms with Crippen LogP contribution in [0, 0.1) is 0 Å². The number of rotatable bonds is 3. The molecular weight excluding hydrogens is 329 g/mol. The summed E-state index contributed by atoms with van der Waals surface area (Å²) in [6.45, 7) is 0. The average molecular weight is 340 g/mol. The number of nitrogens with one attached hydrogen (secondary N) is 1. The number of hydrogen-bond donors (Lipinski definition) is 2. The van der Waals surface area contributed by atoms with Crippen molar-refractivity contribution in [1.29, 1.82) is 0 Å². The Hall–Kier alpha value is -2.24. The van der Waals surface area contributed by atoms with E-state index in [2.05, 4.69) is 10.1 Å². The van der Waals surface area contributed by atoms with Gasteiger partial charge in [-0.05, 0) is 36.4 Å². The van der Waals surface area contributed by atoms with Gasteiger partial charge in [-0.3, -0.25) is 4.79 Å². The van der Waals surface area contributed by atoms with Crippen LogP contribution < -0.4 is 5.32 Å². The first-order valence-corrected chi connectivity index (χ1v) is 6.85. The average Bonchev–Trinajstić information content (AvgIpc) is 2.48. The number of esters is 1. The molecule has 0 saturated carbocycles. The molecule has 22 heavy (non-hydrogen) atoms. The van der Waals surface area contributed by atoms with Crippen molar-refractivity contribution < 1.29 is 19.4 Å². The van der Waals surface area contributed by atoms with Crippen molar-refractivity contribution in [3.05, 3.63) is 57.6 Å². The molecule has 0 aliphatic heterocycles. The molecule has 0 spiro atoms. The van der Waals surface area contributed by atoms with Crippen molar-refractivity contribution in [3.63, 3.8) is 0 Å². The van der Waals surface area contributed by atoms with E-state index in [1.807, 2.05) is 0 Å². The highest BCUT2D eigenvalue weighted by Crippen LogP contribution is 2.25. The molecule has 0 atom stereocenters. The fraction of sp³-hybridized carbons (Fsp3) is 0.0667. The predicted octanol–water partition coefficient (Wildman–Crippen LogP) is 3.74. The van der Waals surface area contributed by atoms with Crippen LogP contribution in [-0.2, 0) is 4.74 Å². The summed E-state index contributed by atoms with van der Waals surface area (Å²) in [5, 5.41) is 12.8. The molecule has 0 fully saturated rings. The second-order valence-corrected chi connectivity index (χ2v) is 5.15. The van der Waals surface area contributed by atoms with E-state index in [4.69, 9.17) is 23.2 Å². The van der Waals surface area contributed by atoms with Crippen LogP contribution in [0.5, 0.6) is 5.75 Å². The molecule has 0 aliphatic carbocycles. The Kier molecular flexibility index (Phi) is 4.90. The summed E-state index contributed by atoms with van der Waals surface area (Å²) < 4.78 is 4.55. The van der Waals surface area contributed by atoms with Crippen molar-refractivity contribution in [2.45, 2.75) is 0 Å². The Labute approximate surface area is 136 Å². The van der Waals surface area contributed by atoms with E-state index in [0.717, 1.165) is 0 Å². The molecule has 0 saturated heterocycles. The van der Waals surface area contributed by atoms with Gasteiger partial charge in [0.05, 0.1) is 17.7 Å². The van der Waals surface area contributed by atoms with Gasteiger partial charge in [-0.1, -0.05) is 23.2 Å². The van der Waals surface area contributed by atoms with E-state index in [1.54, 1.807) is 6.07 Å². The van der Waals surface area contributed by atoms with E-state index >= 15 is 0 Å². The molecule has 2 N–H and O–H groups in total. The van der Waals surface area contributed by atoms with Crippen molar-refractivity contribution in [3.8, 4) is 5.75 Å². The first-order chi connectivity index (χ1) is 10.4. The van der Waals surface area contributed by atoms with Crippen molar-refractivity contribution in [1.82, 2.24) is 0 Å². The van der Waals surface area contributed by atoms with Gasteiger partial charge in [0.1, 0.15) is 11.3 Å². The van der Waals surface area contributed by atoms with Crippen LogP contribution in [0.25, 0.3) is 0 Å². The molecule has 0 unspecified atom stereocenters. The SMILES string of the molecule is COC(=O)c1cc(NC(=O)c2ccc(Cl)cc2Cl)ccc1O. The van der Waals surface area contributed by atoms with Gasteiger partial charge in [0.25, 0.3) is 5.91 Å². The van der Waals surface area contributed by atoms with Crippen molar-refractivity contribution >= 4 is 40.8 Å². The third-order valence-corrected chi connectivity index (χ3v) is 3.38. The third kappa shape index (κ3) is 3.50. The quantitative estimate of drug-likeness (QED) is 0.659. The van der Waals surface area contributed by atoms with Crippen molar-refractivity contribution in [2.24, 2.45) is 0 Å². The lowest BCUT2D eigenvalue weighted by molar-refractivity contribution is 0.0597. The number of methoxy groups -OCH3 is 1. The molecule has 7 heteroatoms. The van der Waals surface area contributed by atoms with Gasteiger partial charge < -0.3 is 15.2 Å². The van der Waals surface area contributed by atoms with Crippen LogP contribution in [-0.4, -0.2) is 24.1 Å². The summed E-state index contributed by atoms with van der Waals surface area (Å²) in [4.78, 5) is 23.7. The molecule has 0 bridgehead atoms. The van der Waals surface area contributed by atoms with Crippen LogP contribution in [0.15, 0.2) is 36.4 Å². The number of ether oxygens (including phenoxy) is 1. The molecule has 0 heterocycles. The molecule has 2 rings (SSSR count). The van der Waals surface area contributed by atoms with E-state index < -0.39 is 11.9 Å². The number of hydrogen-bond acceptors (Lipinski definition) is 4. The zero-order valence-corrected chi connectivity index (χ0v) is 12.9. The van der Waals surface area contributed by atoms with E-state index in [-0.39, 0.29) is 21.9 Å². The number of phenols is 1. The van der Waals surface area contributed by atoms with Crippen LogP contribution in [0.1, 0.15) is 20.7 Å². The topological polar surface area (TPSA) is 75.6 Å². The maximum Gasteiger partial charge on any atom is 0.341 e. The Morgan fingerprint density at radius 2 is 1.82 bits per heavy atom. The second-order valence-electron chi connectivity index (χ2n) is 4.30.